The lowest BCUT2D eigenvalue weighted by Crippen LogP contribution is -2.27. The van der Waals surface area contributed by atoms with Crippen LogP contribution in [0.4, 0.5) is 5.69 Å². The summed E-state index contributed by atoms with van der Waals surface area (Å²) in [5.41, 5.74) is 6.72. The molecule has 1 aromatic carbocycles. The fourth-order valence-corrected chi connectivity index (χ4v) is 2.27. The number of nitrogens with one attached hydrogen (secondary N) is 2. The van der Waals surface area contributed by atoms with Crippen LogP contribution in [0.5, 0.6) is 0 Å². The van der Waals surface area contributed by atoms with Gasteiger partial charge in [0.25, 0.3) is 0 Å². The fraction of sp³-hybridized carbons (Fsp3) is 0.429. The number of nitrogens with two attached hydrogens (primary N) is 1. The highest BCUT2D eigenvalue weighted by Crippen LogP contribution is 2.13. The Morgan fingerprint density at radius 2 is 2.00 bits per heavy atom. The van der Waals surface area contributed by atoms with Crippen LogP contribution in [0.3, 0.4) is 0 Å². The van der Waals surface area contributed by atoms with Gasteiger partial charge in [-0.2, -0.15) is 0 Å². The molecule has 1 fully saturated rings. The Bertz CT molecular complexity index is 456. The molecule has 20 heavy (non-hydrogen) atoms. The van der Waals surface area contributed by atoms with Gasteiger partial charge in [-0.05, 0) is 37.1 Å². The van der Waals surface area contributed by atoms with Crippen molar-refractivity contribution in [3.63, 3.8) is 0 Å². The van der Waals surface area contributed by atoms with E-state index in [-0.39, 0.29) is 30.6 Å². The summed E-state index contributed by atoms with van der Waals surface area (Å²) in [6.07, 6.45) is 2.92. The van der Waals surface area contributed by atoms with Gasteiger partial charge in [-0.25, -0.2) is 0 Å². The molecule has 1 aliphatic heterocycles. The summed E-state index contributed by atoms with van der Waals surface area (Å²) >= 11 is 0. The summed E-state index contributed by atoms with van der Waals surface area (Å²) in [5.74, 6) is -0.342. The SMILES string of the molecule is Cl.NC(=O)Cc1ccc(NC(=O)CC2CCCN2)cc1. The zero-order valence-corrected chi connectivity index (χ0v) is 12.0. The van der Waals surface area contributed by atoms with Crippen LogP contribution in [-0.2, 0) is 16.0 Å². The van der Waals surface area contributed by atoms with E-state index in [1.54, 1.807) is 24.3 Å². The largest absolute Gasteiger partial charge is 0.369 e. The van der Waals surface area contributed by atoms with Gasteiger partial charge in [0.1, 0.15) is 0 Å². The van der Waals surface area contributed by atoms with Crippen LogP contribution in [0.2, 0.25) is 0 Å². The Morgan fingerprint density at radius 1 is 1.30 bits per heavy atom. The van der Waals surface area contributed by atoms with Gasteiger partial charge in [0, 0.05) is 18.2 Å². The Balaban J connectivity index is 0.00000200. The summed E-state index contributed by atoms with van der Waals surface area (Å²) in [6, 6.07) is 7.48. The number of halogens is 1. The Kier molecular flexibility index (Phi) is 6.48. The molecule has 1 aromatic rings. The highest BCUT2D eigenvalue weighted by atomic mass is 35.5. The average Bonchev–Trinajstić information content (AvgIpc) is 2.83. The van der Waals surface area contributed by atoms with Crippen molar-refractivity contribution in [2.75, 3.05) is 11.9 Å². The van der Waals surface area contributed by atoms with Gasteiger partial charge in [-0.15, -0.1) is 12.4 Å². The van der Waals surface area contributed by atoms with Crippen molar-refractivity contribution in [1.29, 1.82) is 0 Å². The molecular formula is C14H20ClN3O2. The van der Waals surface area contributed by atoms with E-state index in [1.807, 2.05) is 0 Å². The predicted molar refractivity (Wildman–Crippen MR) is 80.9 cm³/mol. The standard InChI is InChI=1S/C14H19N3O2.ClH/c15-13(18)8-10-3-5-11(6-4-10)17-14(19)9-12-2-1-7-16-12;/h3-6,12,16H,1-2,7-9H2,(H2,15,18)(H,17,19);1H. The van der Waals surface area contributed by atoms with E-state index in [2.05, 4.69) is 10.6 Å². The van der Waals surface area contributed by atoms with Crippen molar-refractivity contribution in [2.45, 2.75) is 31.7 Å². The Morgan fingerprint density at radius 3 is 2.55 bits per heavy atom. The lowest BCUT2D eigenvalue weighted by atomic mass is 10.1. The molecule has 4 N–H and O–H groups in total. The quantitative estimate of drug-likeness (QED) is 0.764. The zero-order valence-electron chi connectivity index (χ0n) is 11.2. The number of carbonyl (C=O) groups is 2. The molecule has 0 saturated carbocycles. The second-order valence-electron chi connectivity index (χ2n) is 4.89. The minimum Gasteiger partial charge on any atom is -0.369 e. The van der Waals surface area contributed by atoms with Crippen LogP contribution in [0.15, 0.2) is 24.3 Å². The maximum Gasteiger partial charge on any atom is 0.225 e. The maximum absolute atomic E-state index is 11.8. The van der Waals surface area contributed by atoms with Gasteiger partial charge in [-0.3, -0.25) is 9.59 Å². The van der Waals surface area contributed by atoms with Crippen LogP contribution >= 0.6 is 12.4 Å². The van der Waals surface area contributed by atoms with E-state index in [0.717, 1.165) is 30.6 Å². The molecule has 0 radical (unpaired) electrons. The van der Waals surface area contributed by atoms with E-state index >= 15 is 0 Å². The first-order chi connectivity index (χ1) is 9.13. The second-order valence-corrected chi connectivity index (χ2v) is 4.89. The normalized spacial score (nSPS) is 17.3. The van der Waals surface area contributed by atoms with Gasteiger partial charge in [-0.1, -0.05) is 12.1 Å². The van der Waals surface area contributed by atoms with E-state index in [4.69, 9.17) is 5.73 Å². The summed E-state index contributed by atoms with van der Waals surface area (Å²) in [7, 11) is 0. The molecule has 0 bridgehead atoms. The van der Waals surface area contributed by atoms with Gasteiger partial charge in [0.15, 0.2) is 0 Å². The first-order valence-electron chi connectivity index (χ1n) is 6.54. The highest BCUT2D eigenvalue weighted by molar-refractivity contribution is 5.91. The third-order valence-corrected chi connectivity index (χ3v) is 3.21. The Labute approximate surface area is 124 Å². The molecule has 1 unspecified atom stereocenters. The summed E-state index contributed by atoms with van der Waals surface area (Å²) in [4.78, 5) is 22.6. The number of hydrogen-bond donors (Lipinski definition) is 3. The fourth-order valence-electron chi connectivity index (χ4n) is 2.27. The minimum absolute atomic E-state index is 0. The van der Waals surface area contributed by atoms with Crippen LogP contribution < -0.4 is 16.4 Å². The second kappa shape index (κ2) is 7.87. The van der Waals surface area contributed by atoms with Crippen LogP contribution in [0.1, 0.15) is 24.8 Å². The zero-order chi connectivity index (χ0) is 13.7. The van der Waals surface area contributed by atoms with E-state index in [1.165, 1.54) is 0 Å². The van der Waals surface area contributed by atoms with Crippen molar-refractivity contribution in [1.82, 2.24) is 5.32 Å². The van der Waals surface area contributed by atoms with Crippen LogP contribution in [-0.4, -0.2) is 24.4 Å². The van der Waals surface area contributed by atoms with Gasteiger partial charge >= 0.3 is 0 Å². The molecule has 110 valence electrons. The molecule has 6 heteroatoms. The number of hydrogen-bond acceptors (Lipinski definition) is 3. The number of amides is 2. The summed E-state index contributed by atoms with van der Waals surface area (Å²) in [5, 5.41) is 6.15. The molecular weight excluding hydrogens is 278 g/mol. The average molecular weight is 298 g/mol. The summed E-state index contributed by atoms with van der Waals surface area (Å²) in [6.45, 7) is 1.000. The number of primary amides is 1. The van der Waals surface area contributed by atoms with E-state index < -0.39 is 0 Å². The lowest BCUT2D eigenvalue weighted by Gasteiger charge is -2.10. The summed E-state index contributed by atoms with van der Waals surface area (Å²) < 4.78 is 0. The van der Waals surface area contributed by atoms with Crippen molar-refractivity contribution in [2.24, 2.45) is 5.73 Å². The number of carbonyl (C=O) groups excluding carboxylic acids is 2. The maximum atomic E-state index is 11.8. The minimum atomic E-state index is -0.357. The molecule has 0 aromatic heterocycles. The molecule has 2 amide bonds. The number of benzene rings is 1. The van der Waals surface area contributed by atoms with Crippen molar-refractivity contribution in [3.05, 3.63) is 29.8 Å². The first kappa shape index (κ1) is 16.5. The molecule has 5 nitrogen and oxygen atoms in total. The van der Waals surface area contributed by atoms with Crippen molar-refractivity contribution < 1.29 is 9.59 Å². The van der Waals surface area contributed by atoms with E-state index in [0.29, 0.717) is 12.5 Å². The van der Waals surface area contributed by atoms with Gasteiger partial charge in [0.05, 0.1) is 6.42 Å². The lowest BCUT2D eigenvalue weighted by molar-refractivity contribution is -0.117. The third-order valence-electron chi connectivity index (χ3n) is 3.21. The molecule has 1 heterocycles. The molecule has 0 spiro atoms. The highest BCUT2D eigenvalue weighted by Gasteiger charge is 2.17. The van der Waals surface area contributed by atoms with Crippen molar-refractivity contribution in [3.8, 4) is 0 Å². The van der Waals surface area contributed by atoms with Gasteiger partial charge in [0.2, 0.25) is 11.8 Å². The molecule has 1 atom stereocenters. The first-order valence-corrected chi connectivity index (χ1v) is 6.54. The third kappa shape index (κ3) is 5.19. The monoisotopic (exact) mass is 297 g/mol. The van der Waals surface area contributed by atoms with Crippen molar-refractivity contribution >= 4 is 29.9 Å². The van der Waals surface area contributed by atoms with Crippen LogP contribution in [0.25, 0.3) is 0 Å². The number of rotatable bonds is 5. The van der Waals surface area contributed by atoms with Crippen LogP contribution in [0, 0.1) is 0 Å². The molecule has 0 aliphatic carbocycles. The van der Waals surface area contributed by atoms with Gasteiger partial charge < -0.3 is 16.4 Å². The number of anilines is 1. The molecule has 1 saturated heterocycles. The molecule has 2 rings (SSSR count). The van der Waals surface area contributed by atoms with E-state index in [9.17, 15) is 9.59 Å². The smallest absolute Gasteiger partial charge is 0.225 e. The predicted octanol–water partition coefficient (Wildman–Crippen LogP) is 1.22. The Hall–Kier alpha value is -1.59. The topological polar surface area (TPSA) is 84.2 Å². The molecule has 1 aliphatic rings.